The zero-order valence-corrected chi connectivity index (χ0v) is 31.2. The van der Waals surface area contributed by atoms with Gasteiger partial charge in [0.15, 0.2) is 0 Å². The number of hydrogen-bond donors (Lipinski definition) is 1. The Kier molecular flexibility index (Phi) is 14.1. The molecular formula is C35H27Cl2F6NO9S2. The van der Waals surface area contributed by atoms with E-state index in [2.05, 4.69) is 0 Å². The second kappa shape index (κ2) is 17.9. The summed E-state index contributed by atoms with van der Waals surface area (Å²) in [6, 6.07) is 12.3. The van der Waals surface area contributed by atoms with Gasteiger partial charge in [0.1, 0.15) is 40.7 Å². The average Bonchev–Trinajstić information content (AvgIpc) is 3.48. The summed E-state index contributed by atoms with van der Waals surface area (Å²) in [6.07, 6.45) is -1.31. The molecule has 10 nitrogen and oxygen atoms in total. The molecule has 0 amide bonds. The lowest BCUT2D eigenvalue weighted by molar-refractivity contribution is -0.143. The molecule has 55 heavy (non-hydrogen) atoms. The number of esters is 1. The average molecular weight is 855 g/mol. The minimum Gasteiger partial charge on any atom is -0.466 e. The highest BCUT2D eigenvalue weighted by Crippen LogP contribution is 2.44. The van der Waals surface area contributed by atoms with Crippen LogP contribution in [0.4, 0.5) is 26.3 Å². The van der Waals surface area contributed by atoms with Crippen molar-refractivity contribution in [2.24, 2.45) is 0 Å². The molecule has 294 valence electrons. The maximum atomic E-state index is 13.6. The van der Waals surface area contributed by atoms with Crippen molar-refractivity contribution in [3.8, 4) is 29.1 Å². The molecule has 1 aliphatic rings. The van der Waals surface area contributed by atoms with E-state index < -0.39 is 70.3 Å². The van der Waals surface area contributed by atoms with E-state index in [1.165, 1.54) is 18.2 Å². The third kappa shape index (κ3) is 10.2. The van der Waals surface area contributed by atoms with Crippen LogP contribution in [0, 0.1) is 23.0 Å². The molecule has 4 aromatic carbocycles. The van der Waals surface area contributed by atoms with Crippen LogP contribution in [0.25, 0.3) is 0 Å². The second-order valence-corrected chi connectivity index (χ2v) is 16.0. The van der Waals surface area contributed by atoms with Gasteiger partial charge < -0.3 is 19.3 Å². The van der Waals surface area contributed by atoms with Crippen molar-refractivity contribution in [1.29, 1.82) is 5.26 Å². The van der Waals surface area contributed by atoms with Crippen LogP contribution in [-0.4, -0.2) is 46.0 Å². The summed E-state index contributed by atoms with van der Waals surface area (Å²) in [5.41, 5.74) is -0.512. The first-order chi connectivity index (χ1) is 25.8. The first kappa shape index (κ1) is 43.2. The fraction of sp³-hybridized carbons (Fsp3) is 0.257. The van der Waals surface area contributed by atoms with Gasteiger partial charge in [-0.05, 0) is 80.3 Å². The molecule has 5 rings (SSSR count). The van der Waals surface area contributed by atoms with Gasteiger partial charge in [0.2, 0.25) is 19.7 Å². The molecule has 0 heterocycles. The van der Waals surface area contributed by atoms with Crippen molar-refractivity contribution >= 4 is 48.8 Å². The Morgan fingerprint density at radius 2 is 1.36 bits per heavy atom. The number of nitrogens with zero attached hydrogens (tertiary/aromatic N) is 1. The lowest BCUT2D eigenvalue weighted by Crippen LogP contribution is -2.15. The number of ether oxygens (including phenoxy) is 3. The summed E-state index contributed by atoms with van der Waals surface area (Å²) >= 11 is 11.5. The number of aliphatic hydroxyl groups excluding tert-OH is 1. The van der Waals surface area contributed by atoms with Crippen molar-refractivity contribution in [3.05, 3.63) is 105 Å². The molecule has 1 unspecified atom stereocenters. The highest BCUT2D eigenvalue weighted by molar-refractivity contribution is 7.92. The Labute approximate surface area is 320 Å². The van der Waals surface area contributed by atoms with Gasteiger partial charge in [-0.25, -0.2) is 25.6 Å². The number of hydrogen-bond acceptors (Lipinski definition) is 10. The Bertz CT molecular complexity index is 2320. The van der Waals surface area contributed by atoms with Crippen molar-refractivity contribution in [2.45, 2.75) is 60.0 Å². The summed E-state index contributed by atoms with van der Waals surface area (Å²) < 4.78 is 142. The summed E-state index contributed by atoms with van der Waals surface area (Å²) in [6.45, 7) is 1.67. The molecule has 0 saturated carbocycles. The van der Waals surface area contributed by atoms with Gasteiger partial charge in [-0.15, -0.1) is 0 Å². The van der Waals surface area contributed by atoms with Crippen LogP contribution in [0.3, 0.4) is 0 Å². The number of nitriles is 1. The standard InChI is InChI=1S/C19H15ClF3NO5S.C16H12ClF3O4S/c1-2-28-18(25)6-3-14-15(10-24)17(30(26,27)19(22)23)5-4-16(14)29-13-8-11(20)7-12(21)9-13;17-8-5-9(18)7-10(6-8)24-13-3-4-14(25(22,23)16(19)20)11-1-2-12(21)15(11)13/h4-5,7-9,19H,2-3,6H2,1H3;3-7,12,16,21H,1-2H2. The zero-order chi connectivity index (χ0) is 40.8. The number of alkyl halides is 4. The molecule has 0 saturated heterocycles. The first-order valence-electron chi connectivity index (χ1n) is 15.7. The van der Waals surface area contributed by atoms with Crippen molar-refractivity contribution in [3.63, 3.8) is 0 Å². The van der Waals surface area contributed by atoms with E-state index >= 15 is 0 Å². The van der Waals surface area contributed by atoms with Gasteiger partial charge in [-0.3, -0.25) is 4.79 Å². The molecule has 0 aromatic heterocycles. The number of sulfone groups is 2. The van der Waals surface area contributed by atoms with Crippen LogP contribution in [0.5, 0.6) is 23.0 Å². The topological polar surface area (TPSA) is 157 Å². The van der Waals surface area contributed by atoms with Crippen LogP contribution in [0.1, 0.15) is 48.1 Å². The number of benzene rings is 4. The van der Waals surface area contributed by atoms with Crippen LogP contribution in [-0.2, 0) is 42.0 Å². The summed E-state index contributed by atoms with van der Waals surface area (Å²) in [7, 11) is -9.91. The molecule has 20 heteroatoms. The summed E-state index contributed by atoms with van der Waals surface area (Å²) in [5, 5.41) is 19.7. The van der Waals surface area contributed by atoms with Gasteiger partial charge in [-0.2, -0.15) is 22.8 Å². The van der Waals surface area contributed by atoms with Crippen LogP contribution < -0.4 is 9.47 Å². The van der Waals surface area contributed by atoms with Gasteiger partial charge in [0, 0.05) is 39.7 Å². The van der Waals surface area contributed by atoms with Crippen LogP contribution >= 0.6 is 23.2 Å². The van der Waals surface area contributed by atoms with E-state index in [-0.39, 0.29) is 82.0 Å². The minimum absolute atomic E-state index is 0.00970. The lowest BCUT2D eigenvalue weighted by Gasteiger charge is -2.16. The third-order valence-corrected chi connectivity index (χ3v) is 11.0. The van der Waals surface area contributed by atoms with E-state index in [9.17, 15) is 58.3 Å². The molecule has 1 N–H and O–H groups in total. The highest BCUT2D eigenvalue weighted by atomic mass is 35.5. The van der Waals surface area contributed by atoms with Crippen LogP contribution in [0.2, 0.25) is 10.0 Å². The number of halogens is 8. The van der Waals surface area contributed by atoms with Crippen molar-refractivity contribution in [1.82, 2.24) is 0 Å². The predicted octanol–water partition coefficient (Wildman–Crippen LogP) is 8.88. The van der Waals surface area contributed by atoms with Crippen molar-refractivity contribution in [2.75, 3.05) is 6.61 Å². The number of carbonyl (C=O) groups excluding carboxylic acids is 1. The fourth-order valence-corrected chi connectivity index (χ4v) is 7.75. The lowest BCUT2D eigenvalue weighted by atomic mass is 10.0. The Hall–Kier alpha value is -4.54. The first-order valence-corrected chi connectivity index (χ1v) is 19.5. The maximum Gasteiger partial charge on any atom is 0.341 e. The monoisotopic (exact) mass is 853 g/mol. The maximum absolute atomic E-state index is 13.6. The second-order valence-electron chi connectivity index (χ2n) is 11.4. The molecule has 1 aliphatic carbocycles. The number of rotatable bonds is 12. The summed E-state index contributed by atoms with van der Waals surface area (Å²) in [5.74, 6) is -9.43. The molecule has 0 radical (unpaired) electrons. The van der Waals surface area contributed by atoms with E-state index in [0.29, 0.717) is 0 Å². The molecular weight excluding hydrogens is 827 g/mol. The fourth-order valence-electron chi connectivity index (χ4n) is 5.42. The molecule has 0 spiro atoms. The zero-order valence-electron chi connectivity index (χ0n) is 28.0. The van der Waals surface area contributed by atoms with E-state index in [4.69, 9.17) is 37.4 Å². The van der Waals surface area contributed by atoms with Gasteiger partial charge in [0.05, 0.1) is 28.1 Å². The Balaban J connectivity index is 0.000000248. The van der Waals surface area contributed by atoms with E-state index in [0.717, 1.165) is 42.5 Å². The number of fused-ring (bicyclic) bond motifs is 1. The molecule has 0 aliphatic heterocycles. The Morgan fingerprint density at radius 1 is 0.855 bits per heavy atom. The van der Waals surface area contributed by atoms with Gasteiger partial charge >= 0.3 is 17.5 Å². The van der Waals surface area contributed by atoms with E-state index in [1.807, 2.05) is 0 Å². The predicted molar refractivity (Wildman–Crippen MR) is 185 cm³/mol. The van der Waals surface area contributed by atoms with E-state index in [1.54, 1.807) is 13.0 Å². The van der Waals surface area contributed by atoms with Gasteiger partial charge in [0.25, 0.3) is 0 Å². The SMILES string of the molecule is CCOC(=O)CCc1c(Oc2cc(F)cc(Cl)c2)ccc(S(=O)(=O)C(F)F)c1C#N.O=S(=O)(c1ccc(Oc2cc(F)cc(Cl)c2)c2c1CCC2O)C(F)F. The molecule has 4 aromatic rings. The normalized spacial score (nSPS) is 13.8. The number of aliphatic hydroxyl groups is 1. The molecule has 0 fully saturated rings. The number of carbonyl (C=O) groups is 1. The third-order valence-electron chi connectivity index (χ3n) is 7.71. The highest BCUT2D eigenvalue weighted by Gasteiger charge is 2.36. The largest absolute Gasteiger partial charge is 0.466 e. The van der Waals surface area contributed by atoms with Crippen molar-refractivity contribution < 1.29 is 67.3 Å². The van der Waals surface area contributed by atoms with Gasteiger partial charge in [-0.1, -0.05) is 23.2 Å². The summed E-state index contributed by atoms with van der Waals surface area (Å²) in [4.78, 5) is 10.3. The molecule has 1 atom stereocenters. The van der Waals surface area contributed by atoms with Crippen LogP contribution in [0.15, 0.2) is 70.5 Å². The molecule has 0 bridgehead atoms. The minimum atomic E-state index is -5.10. The quantitative estimate of drug-likeness (QED) is 0.108. The smallest absolute Gasteiger partial charge is 0.341 e. The Morgan fingerprint density at radius 3 is 1.87 bits per heavy atom.